The maximum atomic E-state index is 14.3. The molecule has 1 amide bonds. The van der Waals surface area contributed by atoms with Crippen molar-refractivity contribution < 1.29 is 4.79 Å². The molecule has 2 aliphatic carbocycles. The van der Waals surface area contributed by atoms with E-state index in [2.05, 4.69) is 4.90 Å². The summed E-state index contributed by atoms with van der Waals surface area (Å²) in [7, 11) is 0. The second-order valence-corrected chi connectivity index (χ2v) is 11.9. The summed E-state index contributed by atoms with van der Waals surface area (Å²) in [5.74, 6) is 0.258. The van der Waals surface area contributed by atoms with Gasteiger partial charge in [0.25, 0.3) is 11.5 Å². The number of hydrogen-bond donors (Lipinski definition) is 0. The number of anilines is 1. The number of amides is 1. The van der Waals surface area contributed by atoms with Gasteiger partial charge in [0.2, 0.25) is 0 Å². The van der Waals surface area contributed by atoms with E-state index in [-0.39, 0.29) is 17.2 Å². The summed E-state index contributed by atoms with van der Waals surface area (Å²) in [6.07, 6.45) is 12.4. The molecule has 7 rings (SSSR count). The van der Waals surface area contributed by atoms with Gasteiger partial charge in [-0.05, 0) is 43.9 Å². The summed E-state index contributed by atoms with van der Waals surface area (Å²) in [5.41, 5.74) is 2.99. The molecular formula is C35H37N5O2. The van der Waals surface area contributed by atoms with E-state index >= 15 is 0 Å². The van der Waals surface area contributed by atoms with Crippen molar-refractivity contribution in [2.45, 2.75) is 76.3 Å². The number of fused-ring (bicyclic) bond motifs is 2. The van der Waals surface area contributed by atoms with Crippen LogP contribution in [0.5, 0.6) is 0 Å². The molecule has 3 aromatic carbocycles. The summed E-state index contributed by atoms with van der Waals surface area (Å²) in [5, 5.41) is 5.31. The molecule has 1 aliphatic heterocycles. The second kappa shape index (κ2) is 11.6. The summed E-state index contributed by atoms with van der Waals surface area (Å²) < 4.78 is 1.32. The molecule has 3 aliphatic rings. The van der Waals surface area contributed by atoms with Crippen LogP contribution in [-0.4, -0.2) is 44.9 Å². The van der Waals surface area contributed by atoms with Gasteiger partial charge < -0.3 is 0 Å². The van der Waals surface area contributed by atoms with Crippen LogP contribution in [0, 0.1) is 0 Å². The first-order valence-electron chi connectivity index (χ1n) is 15.5. The minimum atomic E-state index is -0.290. The maximum absolute atomic E-state index is 14.3. The minimum Gasteiger partial charge on any atom is -0.293 e. The predicted molar refractivity (Wildman–Crippen MR) is 168 cm³/mol. The smallest absolute Gasteiger partial charge is 0.282 e. The van der Waals surface area contributed by atoms with Crippen molar-refractivity contribution in [2.24, 2.45) is 5.10 Å². The SMILES string of the molecule is O=C1/C(=N/n2c(-c3ccccc3)nc3ccccc3c2=O)c2ccccc2N1CN(C1CCCCC1)C1CCCCC1. The van der Waals surface area contributed by atoms with Crippen molar-refractivity contribution in [3.05, 3.63) is 94.8 Å². The van der Waals surface area contributed by atoms with E-state index < -0.39 is 0 Å². The molecule has 0 saturated heterocycles. The normalized spacial score (nSPS) is 19.2. The third kappa shape index (κ3) is 4.96. The number of benzene rings is 3. The van der Waals surface area contributed by atoms with E-state index in [0.29, 0.717) is 35.5 Å². The fraction of sp³-hybridized carbons (Fsp3) is 0.371. The number of nitrogens with zero attached hydrogens (tertiary/aromatic N) is 5. The Hall–Kier alpha value is -4.10. The van der Waals surface area contributed by atoms with E-state index in [1.165, 1.54) is 68.9 Å². The Balaban J connectivity index is 1.32. The molecule has 2 fully saturated rings. The zero-order valence-corrected chi connectivity index (χ0v) is 24.0. The van der Waals surface area contributed by atoms with Gasteiger partial charge in [-0.1, -0.05) is 99.2 Å². The Morgan fingerprint density at radius 1 is 0.738 bits per heavy atom. The first kappa shape index (κ1) is 26.8. The van der Waals surface area contributed by atoms with Gasteiger partial charge in [-0.2, -0.15) is 9.78 Å². The molecule has 0 bridgehead atoms. The molecule has 7 heteroatoms. The molecule has 2 saturated carbocycles. The third-order valence-electron chi connectivity index (χ3n) is 9.28. The molecule has 42 heavy (non-hydrogen) atoms. The quantitative estimate of drug-likeness (QED) is 0.267. The molecule has 0 unspecified atom stereocenters. The van der Waals surface area contributed by atoms with Gasteiger partial charge in [0.05, 0.1) is 23.3 Å². The Morgan fingerprint density at radius 3 is 2.07 bits per heavy atom. The van der Waals surface area contributed by atoms with Crippen molar-refractivity contribution in [2.75, 3.05) is 11.6 Å². The lowest BCUT2D eigenvalue weighted by atomic mass is 9.89. The van der Waals surface area contributed by atoms with Gasteiger partial charge in [-0.3, -0.25) is 19.4 Å². The summed E-state index contributed by atoms with van der Waals surface area (Å²) >= 11 is 0. The van der Waals surface area contributed by atoms with Crippen LogP contribution in [0.15, 0.2) is 88.8 Å². The van der Waals surface area contributed by atoms with Crippen LogP contribution < -0.4 is 10.5 Å². The Bertz CT molecular complexity index is 1660. The highest BCUT2D eigenvalue weighted by molar-refractivity contribution is 6.54. The fourth-order valence-corrected chi connectivity index (χ4v) is 7.11. The van der Waals surface area contributed by atoms with Gasteiger partial charge in [0.15, 0.2) is 11.5 Å². The first-order valence-corrected chi connectivity index (χ1v) is 15.5. The first-order chi connectivity index (χ1) is 20.7. The topological polar surface area (TPSA) is 70.8 Å². The molecule has 0 N–H and O–H groups in total. The predicted octanol–water partition coefficient (Wildman–Crippen LogP) is 6.59. The number of aromatic nitrogens is 2. The zero-order valence-electron chi connectivity index (χ0n) is 24.0. The number of carbonyl (C=O) groups excluding carboxylic acids is 1. The lowest BCUT2D eigenvalue weighted by Crippen LogP contribution is -2.51. The summed E-state index contributed by atoms with van der Waals surface area (Å²) in [6.45, 7) is 0.556. The van der Waals surface area contributed by atoms with E-state index in [0.717, 1.165) is 16.8 Å². The molecule has 0 spiro atoms. The maximum Gasteiger partial charge on any atom is 0.282 e. The second-order valence-electron chi connectivity index (χ2n) is 11.9. The molecule has 0 radical (unpaired) electrons. The summed E-state index contributed by atoms with van der Waals surface area (Å²) in [6, 6.07) is 25.7. The molecule has 7 nitrogen and oxygen atoms in total. The van der Waals surface area contributed by atoms with E-state index in [4.69, 9.17) is 10.1 Å². The van der Waals surface area contributed by atoms with Crippen molar-refractivity contribution in [1.82, 2.24) is 14.6 Å². The van der Waals surface area contributed by atoms with Crippen LogP contribution in [0.2, 0.25) is 0 Å². The van der Waals surface area contributed by atoms with Crippen molar-refractivity contribution in [3.63, 3.8) is 0 Å². The largest absolute Gasteiger partial charge is 0.293 e. The van der Waals surface area contributed by atoms with Gasteiger partial charge in [-0.25, -0.2) is 4.98 Å². The van der Waals surface area contributed by atoms with Gasteiger partial charge in [0.1, 0.15) is 0 Å². The Kier molecular flexibility index (Phi) is 7.43. The fourth-order valence-electron chi connectivity index (χ4n) is 7.11. The molecule has 0 atom stereocenters. The molecule has 2 heterocycles. The van der Waals surface area contributed by atoms with Crippen LogP contribution in [0.3, 0.4) is 0 Å². The van der Waals surface area contributed by atoms with Crippen molar-refractivity contribution in [3.8, 4) is 11.4 Å². The van der Waals surface area contributed by atoms with Gasteiger partial charge >= 0.3 is 0 Å². The summed E-state index contributed by atoms with van der Waals surface area (Å²) in [4.78, 5) is 37.6. The van der Waals surface area contributed by atoms with Crippen molar-refractivity contribution in [1.29, 1.82) is 0 Å². The lowest BCUT2D eigenvalue weighted by molar-refractivity contribution is -0.113. The highest BCUT2D eigenvalue weighted by Gasteiger charge is 2.38. The van der Waals surface area contributed by atoms with E-state index in [9.17, 15) is 9.59 Å². The highest BCUT2D eigenvalue weighted by atomic mass is 16.2. The van der Waals surface area contributed by atoms with Crippen LogP contribution in [-0.2, 0) is 4.79 Å². The van der Waals surface area contributed by atoms with Gasteiger partial charge in [0, 0.05) is 23.2 Å². The van der Waals surface area contributed by atoms with Crippen LogP contribution in [0.4, 0.5) is 5.69 Å². The van der Waals surface area contributed by atoms with Crippen LogP contribution >= 0.6 is 0 Å². The third-order valence-corrected chi connectivity index (χ3v) is 9.28. The molecular weight excluding hydrogens is 522 g/mol. The zero-order chi connectivity index (χ0) is 28.5. The van der Waals surface area contributed by atoms with E-state index in [1.807, 2.05) is 77.7 Å². The molecule has 1 aromatic heterocycles. The van der Waals surface area contributed by atoms with Crippen molar-refractivity contribution >= 4 is 28.2 Å². The Morgan fingerprint density at radius 2 is 1.36 bits per heavy atom. The lowest BCUT2D eigenvalue weighted by Gasteiger charge is -2.43. The number of para-hydroxylation sites is 2. The average molecular weight is 560 g/mol. The minimum absolute atomic E-state index is 0.160. The van der Waals surface area contributed by atoms with Crippen LogP contribution in [0.1, 0.15) is 69.8 Å². The highest BCUT2D eigenvalue weighted by Crippen LogP contribution is 2.35. The standard InChI is InChI=1S/C35H37N5O2/c41-34-28-20-10-12-22-30(28)36-33(25-14-4-1-5-15-25)40(34)37-32-29-21-11-13-23-31(29)39(35(32)42)24-38(26-16-6-2-7-17-26)27-18-8-3-9-19-27/h1,4-5,10-15,20-23,26-27H,2-3,6-9,16-19,24H2/b37-32+. The van der Waals surface area contributed by atoms with Gasteiger partial charge in [-0.15, -0.1) is 0 Å². The number of rotatable bonds is 6. The molecule has 4 aromatic rings. The van der Waals surface area contributed by atoms with Crippen LogP contribution in [0.25, 0.3) is 22.3 Å². The number of carbonyl (C=O) groups is 1. The average Bonchev–Trinajstić information content (AvgIpc) is 3.32. The Labute approximate surface area is 246 Å². The number of hydrogen-bond acceptors (Lipinski definition) is 5. The monoisotopic (exact) mass is 559 g/mol. The van der Waals surface area contributed by atoms with E-state index in [1.54, 1.807) is 6.07 Å². The molecule has 214 valence electrons.